The van der Waals surface area contributed by atoms with Gasteiger partial charge in [0.2, 0.25) is 0 Å². The van der Waals surface area contributed by atoms with Gasteiger partial charge in [-0.05, 0) is 75.8 Å². The van der Waals surface area contributed by atoms with Crippen LogP contribution in [-0.4, -0.2) is 75.0 Å². The molecule has 1 saturated heterocycles. The number of hydrogen-bond donors (Lipinski definition) is 1. The quantitative estimate of drug-likeness (QED) is 0.364. The highest BCUT2D eigenvalue weighted by molar-refractivity contribution is 6.46. The number of benzene rings is 2. The molecule has 2 aromatic carbocycles. The highest BCUT2D eigenvalue weighted by Crippen LogP contribution is 2.42. The molecule has 1 amide bonds. The second kappa shape index (κ2) is 10.3. The van der Waals surface area contributed by atoms with Crippen molar-refractivity contribution in [1.29, 1.82) is 0 Å². The summed E-state index contributed by atoms with van der Waals surface area (Å²) in [5.74, 6) is -0.988. The topological polar surface area (TPSA) is 73.3 Å². The molecular formula is C27H35N3O4. The van der Waals surface area contributed by atoms with Crippen LogP contribution >= 0.6 is 0 Å². The van der Waals surface area contributed by atoms with E-state index in [0.29, 0.717) is 24.3 Å². The molecule has 182 valence electrons. The Balaban J connectivity index is 2.19. The zero-order valence-corrected chi connectivity index (χ0v) is 21.2. The van der Waals surface area contributed by atoms with E-state index in [2.05, 4.69) is 0 Å². The lowest BCUT2D eigenvalue weighted by Crippen LogP contribution is -2.32. The molecule has 0 saturated carbocycles. The van der Waals surface area contributed by atoms with Crippen LogP contribution in [-0.2, 0) is 9.59 Å². The second-order valence-electron chi connectivity index (χ2n) is 9.30. The molecule has 0 spiro atoms. The second-order valence-corrected chi connectivity index (χ2v) is 9.30. The monoisotopic (exact) mass is 465 g/mol. The van der Waals surface area contributed by atoms with Gasteiger partial charge in [0.05, 0.1) is 24.3 Å². The summed E-state index contributed by atoms with van der Waals surface area (Å²) in [6.07, 6.45) is 0.708. The van der Waals surface area contributed by atoms with Gasteiger partial charge in [-0.25, -0.2) is 0 Å². The number of nitrogens with zero attached hydrogens (tertiary/aromatic N) is 3. The Hall–Kier alpha value is -3.32. The van der Waals surface area contributed by atoms with Gasteiger partial charge in [0.1, 0.15) is 11.5 Å². The zero-order chi connectivity index (χ0) is 25.2. The molecule has 1 fully saturated rings. The summed E-state index contributed by atoms with van der Waals surface area (Å²) < 4.78 is 5.56. The molecule has 3 rings (SSSR count). The van der Waals surface area contributed by atoms with Crippen LogP contribution in [0.5, 0.6) is 5.75 Å². The summed E-state index contributed by atoms with van der Waals surface area (Å²) in [7, 11) is 9.38. The van der Waals surface area contributed by atoms with Crippen molar-refractivity contribution >= 4 is 23.1 Å². The molecule has 34 heavy (non-hydrogen) atoms. The van der Waals surface area contributed by atoms with E-state index >= 15 is 0 Å². The first-order valence-electron chi connectivity index (χ1n) is 11.4. The Morgan fingerprint density at radius 3 is 2.26 bits per heavy atom. The number of amides is 1. The van der Waals surface area contributed by atoms with Crippen LogP contribution in [0.2, 0.25) is 0 Å². The average Bonchev–Trinajstić information content (AvgIpc) is 3.03. The lowest BCUT2D eigenvalue weighted by Gasteiger charge is -2.26. The molecule has 1 aliphatic heterocycles. The van der Waals surface area contributed by atoms with E-state index in [-0.39, 0.29) is 11.3 Å². The molecule has 1 N–H and O–H groups in total. The third-order valence-corrected chi connectivity index (χ3v) is 6.15. The normalized spacial score (nSPS) is 17.5. The molecule has 0 radical (unpaired) electrons. The maximum Gasteiger partial charge on any atom is 0.295 e. The van der Waals surface area contributed by atoms with Crippen LogP contribution in [0.4, 0.5) is 5.69 Å². The summed E-state index contributed by atoms with van der Waals surface area (Å²) in [6, 6.07) is 10.8. The van der Waals surface area contributed by atoms with Gasteiger partial charge in [0.25, 0.3) is 11.7 Å². The zero-order valence-electron chi connectivity index (χ0n) is 21.2. The minimum absolute atomic E-state index is 0.0933. The van der Waals surface area contributed by atoms with Gasteiger partial charge in [0.15, 0.2) is 0 Å². The van der Waals surface area contributed by atoms with Gasteiger partial charge >= 0.3 is 0 Å². The summed E-state index contributed by atoms with van der Waals surface area (Å²) in [6.45, 7) is 4.99. The van der Waals surface area contributed by atoms with Gasteiger partial charge in [-0.3, -0.25) is 9.59 Å². The van der Waals surface area contributed by atoms with Crippen LogP contribution in [0.3, 0.4) is 0 Å². The van der Waals surface area contributed by atoms with Crippen molar-refractivity contribution in [1.82, 2.24) is 9.80 Å². The Morgan fingerprint density at radius 2 is 1.71 bits per heavy atom. The fourth-order valence-corrected chi connectivity index (χ4v) is 4.52. The number of aliphatic hydroxyl groups excluding tert-OH is 1. The van der Waals surface area contributed by atoms with Crippen molar-refractivity contribution in [2.45, 2.75) is 26.3 Å². The lowest BCUT2D eigenvalue weighted by atomic mass is 9.93. The van der Waals surface area contributed by atoms with Gasteiger partial charge in [-0.2, -0.15) is 0 Å². The average molecular weight is 466 g/mol. The van der Waals surface area contributed by atoms with Crippen molar-refractivity contribution in [2.75, 3.05) is 53.3 Å². The number of ketones is 1. The number of carbonyl (C=O) groups is 2. The Labute approximate surface area is 202 Å². The lowest BCUT2D eigenvalue weighted by molar-refractivity contribution is -0.139. The fraction of sp³-hybridized carbons (Fsp3) is 0.407. The predicted molar refractivity (Wildman–Crippen MR) is 135 cm³/mol. The first-order valence-corrected chi connectivity index (χ1v) is 11.4. The molecule has 7 nitrogen and oxygen atoms in total. The van der Waals surface area contributed by atoms with Crippen LogP contribution in [0.15, 0.2) is 42.0 Å². The minimum atomic E-state index is -0.677. The molecule has 7 heteroatoms. The Bertz CT molecular complexity index is 1100. The molecule has 0 aliphatic carbocycles. The largest absolute Gasteiger partial charge is 0.507 e. The van der Waals surface area contributed by atoms with Crippen molar-refractivity contribution in [2.24, 2.45) is 0 Å². The highest BCUT2D eigenvalue weighted by atomic mass is 16.5. The Kier molecular flexibility index (Phi) is 7.67. The number of aliphatic hydroxyl groups is 1. The minimum Gasteiger partial charge on any atom is -0.507 e. The van der Waals surface area contributed by atoms with E-state index in [0.717, 1.165) is 28.9 Å². The first-order chi connectivity index (χ1) is 16.1. The van der Waals surface area contributed by atoms with E-state index in [9.17, 15) is 14.7 Å². The van der Waals surface area contributed by atoms with E-state index in [1.54, 1.807) is 11.0 Å². The number of Topliss-reactive ketones (excluding diaryl/α,β-unsaturated/α-hetero) is 1. The molecule has 1 unspecified atom stereocenters. The van der Waals surface area contributed by atoms with Crippen molar-refractivity contribution < 1.29 is 19.4 Å². The number of ether oxygens (including phenoxy) is 1. The third-order valence-electron chi connectivity index (χ3n) is 6.15. The molecular weight excluding hydrogens is 430 g/mol. The van der Waals surface area contributed by atoms with E-state index in [1.807, 2.05) is 82.2 Å². The number of carbonyl (C=O) groups excluding carboxylic acids is 2. The summed E-state index contributed by atoms with van der Waals surface area (Å²) in [5.41, 5.74) is 4.06. The Morgan fingerprint density at radius 1 is 1.06 bits per heavy atom. The molecule has 1 heterocycles. The van der Waals surface area contributed by atoms with Crippen LogP contribution in [0.25, 0.3) is 5.76 Å². The standard InChI is InChI=1S/C27H35N3O4/c1-17-15-18(2)26(34-7)21(16-17)24(31)22-23(19-9-11-20(12-10-19)29(5)6)30(27(33)25(22)32)14-8-13-28(3)4/h9-12,15-16,23,31H,8,13-14H2,1-7H3/b24-22+. The van der Waals surface area contributed by atoms with E-state index in [4.69, 9.17) is 4.74 Å². The van der Waals surface area contributed by atoms with Crippen molar-refractivity contribution in [3.8, 4) is 5.75 Å². The fourth-order valence-electron chi connectivity index (χ4n) is 4.52. The smallest absolute Gasteiger partial charge is 0.295 e. The van der Waals surface area contributed by atoms with E-state index in [1.165, 1.54) is 7.11 Å². The summed E-state index contributed by atoms with van der Waals surface area (Å²) in [5, 5.41) is 11.5. The van der Waals surface area contributed by atoms with Crippen LogP contribution < -0.4 is 9.64 Å². The van der Waals surface area contributed by atoms with Gasteiger partial charge in [-0.15, -0.1) is 0 Å². The SMILES string of the molecule is COc1c(C)cc(C)cc1/C(O)=C1\C(=O)C(=O)N(CCCN(C)C)C1c1ccc(N(C)C)cc1. The number of anilines is 1. The van der Waals surface area contributed by atoms with Crippen molar-refractivity contribution in [3.05, 3.63) is 64.2 Å². The van der Waals surface area contributed by atoms with Crippen LogP contribution in [0, 0.1) is 13.8 Å². The van der Waals surface area contributed by atoms with E-state index < -0.39 is 17.7 Å². The number of hydrogen-bond acceptors (Lipinski definition) is 6. The number of aryl methyl sites for hydroxylation is 2. The number of likely N-dealkylation sites (tertiary alicyclic amines) is 1. The number of rotatable bonds is 8. The van der Waals surface area contributed by atoms with Crippen molar-refractivity contribution in [3.63, 3.8) is 0 Å². The molecule has 1 aliphatic rings. The van der Waals surface area contributed by atoms with Crippen LogP contribution in [0.1, 0.15) is 34.7 Å². The highest BCUT2D eigenvalue weighted by Gasteiger charge is 2.46. The molecule has 0 bridgehead atoms. The summed E-state index contributed by atoms with van der Waals surface area (Å²) >= 11 is 0. The molecule has 1 atom stereocenters. The maximum absolute atomic E-state index is 13.3. The first kappa shape index (κ1) is 25.3. The predicted octanol–water partition coefficient (Wildman–Crippen LogP) is 3.75. The number of methoxy groups -OCH3 is 1. The maximum atomic E-state index is 13.3. The molecule has 2 aromatic rings. The van der Waals surface area contributed by atoms with Gasteiger partial charge in [0, 0.05) is 26.3 Å². The van der Waals surface area contributed by atoms with Gasteiger partial charge in [-0.1, -0.05) is 18.2 Å². The van der Waals surface area contributed by atoms with Gasteiger partial charge < -0.3 is 24.5 Å². The third kappa shape index (κ3) is 4.94. The molecule has 0 aromatic heterocycles. The summed E-state index contributed by atoms with van der Waals surface area (Å²) in [4.78, 5) is 32.0.